The van der Waals surface area contributed by atoms with Gasteiger partial charge >= 0.3 is 0 Å². The lowest BCUT2D eigenvalue weighted by Crippen LogP contribution is -2.51. The Labute approximate surface area is 151 Å². The lowest BCUT2D eigenvalue weighted by molar-refractivity contribution is -0.116. The largest absolute Gasteiger partial charge is 0.389 e. The number of fused-ring (bicyclic) bond motifs is 2. The maximum atomic E-state index is 13.0. The van der Waals surface area contributed by atoms with Gasteiger partial charge in [-0.25, -0.2) is 0 Å². The van der Waals surface area contributed by atoms with Crippen molar-refractivity contribution in [2.75, 3.05) is 0 Å². The molecular formula is C21H21NO4. The Balaban J connectivity index is 1.70. The maximum Gasteiger partial charge on any atom is 0.194 e. The first-order valence-corrected chi connectivity index (χ1v) is 8.86. The number of aliphatic hydroxyl groups excluding tert-OH is 1. The van der Waals surface area contributed by atoms with Crippen molar-refractivity contribution in [3.05, 3.63) is 70.3 Å². The van der Waals surface area contributed by atoms with E-state index < -0.39 is 6.10 Å². The standard InChI is InChI=1S/C21H21NO4/c1-11-19(23)17(22)10-13(26-11)9-12-5-4-8-16-18(12)21(25)15-7-3-2-6-14(15)20(16)24/h2-8,11,13,17,19,23H,9-10,22H2,1H3/t11-,13-,17-,19+/m0/s1. The van der Waals surface area contributed by atoms with Gasteiger partial charge in [0.2, 0.25) is 0 Å². The molecule has 1 aliphatic carbocycles. The summed E-state index contributed by atoms with van der Waals surface area (Å²) in [6.45, 7) is 1.79. The predicted octanol–water partition coefficient (Wildman–Crippen LogP) is 1.87. The topological polar surface area (TPSA) is 89.6 Å². The van der Waals surface area contributed by atoms with E-state index in [2.05, 4.69) is 0 Å². The van der Waals surface area contributed by atoms with Crippen LogP contribution in [-0.4, -0.2) is 41.0 Å². The zero-order valence-corrected chi connectivity index (χ0v) is 14.5. The third kappa shape index (κ3) is 2.69. The van der Waals surface area contributed by atoms with Gasteiger partial charge in [0.15, 0.2) is 11.6 Å². The van der Waals surface area contributed by atoms with Gasteiger partial charge in [-0.1, -0.05) is 42.5 Å². The molecule has 3 N–H and O–H groups in total. The van der Waals surface area contributed by atoms with E-state index in [1.165, 1.54) is 0 Å². The molecule has 1 fully saturated rings. The summed E-state index contributed by atoms with van der Waals surface area (Å²) >= 11 is 0. The quantitative estimate of drug-likeness (QED) is 0.736. The summed E-state index contributed by atoms with van der Waals surface area (Å²) in [6, 6.07) is 11.9. The zero-order valence-electron chi connectivity index (χ0n) is 14.5. The second-order valence-corrected chi connectivity index (χ2v) is 7.10. The van der Waals surface area contributed by atoms with Crippen LogP contribution in [0.2, 0.25) is 0 Å². The first kappa shape index (κ1) is 17.1. The highest BCUT2D eigenvalue weighted by Crippen LogP contribution is 2.31. The molecular weight excluding hydrogens is 330 g/mol. The fourth-order valence-corrected chi connectivity index (χ4v) is 3.99. The second kappa shape index (κ2) is 6.43. The molecule has 0 radical (unpaired) electrons. The van der Waals surface area contributed by atoms with E-state index >= 15 is 0 Å². The van der Waals surface area contributed by atoms with Gasteiger partial charge in [0.1, 0.15) is 0 Å². The van der Waals surface area contributed by atoms with Crippen LogP contribution in [0.1, 0.15) is 50.8 Å². The minimum Gasteiger partial charge on any atom is -0.389 e. The summed E-state index contributed by atoms with van der Waals surface area (Å²) in [5.41, 5.74) is 8.61. The number of hydrogen-bond acceptors (Lipinski definition) is 5. The van der Waals surface area contributed by atoms with Crippen molar-refractivity contribution in [2.24, 2.45) is 5.73 Å². The van der Waals surface area contributed by atoms with Crippen LogP contribution in [0.25, 0.3) is 0 Å². The summed E-state index contributed by atoms with van der Waals surface area (Å²) in [4.78, 5) is 25.8. The molecule has 0 saturated carbocycles. The summed E-state index contributed by atoms with van der Waals surface area (Å²) in [5.74, 6) is -0.249. The van der Waals surface area contributed by atoms with Crippen LogP contribution in [0.5, 0.6) is 0 Å². The molecule has 2 aromatic carbocycles. The van der Waals surface area contributed by atoms with Gasteiger partial charge in [0, 0.05) is 28.3 Å². The monoisotopic (exact) mass is 351 g/mol. The highest BCUT2D eigenvalue weighted by atomic mass is 16.5. The van der Waals surface area contributed by atoms with Crippen LogP contribution in [-0.2, 0) is 11.2 Å². The Bertz CT molecular complexity index is 879. The van der Waals surface area contributed by atoms with Crippen LogP contribution in [0.3, 0.4) is 0 Å². The Kier molecular flexibility index (Phi) is 4.23. The summed E-state index contributed by atoms with van der Waals surface area (Å²) in [7, 11) is 0. The van der Waals surface area contributed by atoms with Gasteiger partial charge < -0.3 is 15.6 Å². The van der Waals surface area contributed by atoms with Gasteiger partial charge in [0.05, 0.1) is 18.3 Å². The molecule has 0 aromatic heterocycles. The van der Waals surface area contributed by atoms with E-state index in [-0.39, 0.29) is 29.8 Å². The minimum absolute atomic E-state index is 0.123. The van der Waals surface area contributed by atoms with Gasteiger partial charge in [-0.2, -0.15) is 0 Å². The molecule has 4 atom stereocenters. The van der Waals surface area contributed by atoms with E-state index in [0.717, 1.165) is 5.56 Å². The molecule has 0 spiro atoms. The fraction of sp³-hybridized carbons (Fsp3) is 0.333. The Morgan fingerprint density at radius 1 is 1.04 bits per heavy atom. The van der Waals surface area contributed by atoms with Crippen LogP contribution in [0, 0.1) is 0 Å². The molecule has 5 heteroatoms. The van der Waals surface area contributed by atoms with E-state index in [4.69, 9.17) is 10.5 Å². The molecule has 134 valence electrons. The highest BCUT2D eigenvalue weighted by molar-refractivity contribution is 6.28. The van der Waals surface area contributed by atoms with Crippen molar-refractivity contribution >= 4 is 11.6 Å². The molecule has 0 amide bonds. The van der Waals surface area contributed by atoms with Crippen molar-refractivity contribution in [3.63, 3.8) is 0 Å². The number of carbonyl (C=O) groups is 2. The van der Waals surface area contributed by atoms with Crippen molar-refractivity contribution in [3.8, 4) is 0 Å². The van der Waals surface area contributed by atoms with Crippen molar-refractivity contribution < 1.29 is 19.4 Å². The number of ketones is 2. The van der Waals surface area contributed by atoms with Crippen molar-refractivity contribution in [1.29, 1.82) is 0 Å². The zero-order chi connectivity index (χ0) is 18.4. The van der Waals surface area contributed by atoms with Gasteiger partial charge in [-0.05, 0) is 25.3 Å². The van der Waals surface area contributed by atoms with Crippen LogP contribution in [0.15, 0.2) is 42.5 Å². The average molecular weight is 351 g/mol. The van der Waals surface area contributed by atoms with Crippen molar-refractivity contribution in [2.45, 2.75) is 44.1 Å². The SMILES string of the molecule is C[C@@H]1O[C@@H](Cc2cccc3c2C(=O)c2ccccc2C3=O)C[C@H](N)[C@@H]1O. The molecule has 0 bridgehead atoms. The predicted molar refractivity (Wildman–Crippen MR) is 96.4 cm³/mol. The van der Waals surface area contributed by atoms with E-state index in [9.17, 15) is 14.7 Å². The number of ether oxygens (including phenoxy) is 1. The first-order chi connectivity index (χ1) is 12.5. The van der Waals surface area contributed by atoms with Gasteiger partial charge in [0.25, 0.3) is 0 Å². The summed E-state index contributed by atoms with van der Waals surface area (Å²) in [5, 5.41) is 9.96. The third-order valence-electron chi connectivity index (χ3n) is 5.35. The Morgan fingerprint density at radius 3 is 2.38 bits per heavy atom. The Hall–Kier alpha value is -2.34. The summed E-state index contributed by atoms with van der Waals surface area (Å²) < 4.78 is 5.87. The maximum absolute atomic E-state index is 13.0. The highest BCUT2D eigenvalue weighted by Gasteiger charge is 2.35. The molecule has 1 aliphatic heterocycles. The van der Waals surface area contributed by atoms with Crippen LogP contribution in [0.4, 0.5) is 0 Å². The third-order valence-corrected chi connectivity index (χ3v) is 5.35. The lowest BCUT2D eigenvalue weighted by Gasteiger charge is -2.36. The van der Waals surface area contributed by atoms with E-state index in [1.807, 2.05) is 6.07 Å². The smallest absolute Gasteiger partial charge is 0.194 e. The molecule has 26 heavy (non-hydrogen) atoms. The van der Waals surface area contributed by atoms with Crippen LogP contribution >= 0.6 is 0 Å². The average Bonchev–Trinajstić information content (AvgIpc) is 2.64. The van der Waals surface area contributed by atoms with Gasteiger partial charge in [-0.3, -0.25) is 9.59 Å². The normalized spacial score (nSPS) is 27.8. The number of rotatable bonds is 2. The number of nitrogens with two attached hydrogens (primary N) is 1. The number of benzene rings is 2. The number of aliphatic hydroxyl groups is 1. The lowest BCUT2D eigenvalue weighted by atomic mass is 9.80. The molecule has 5 nitrogen and oxygen atoms in total. The summed E-state index contributed by atoms with van der Waals surface area (Å²) in [6.07, 6.45) is -0.259. The molecule has 4 rings (SSSR count). The number of hydrogen-bond donors (Lipinski definition) is 2. The Morgan fingerprint density at radius 2 is 1.69 bits per heavy atom. The molecule has 1 heterocycles. The van der Waals surface area contributed by atoms with E-state index in [0.29, 0.717) is 35.1 Å². The minimum atomic E-state index is -0.689. The fourth-order valence-electron chi connectivity index (χ4n) is 3.99. The van der Waals surface area contributed by atoms with Crippen molar-refractivity contribution in [1.82, 2.24) is 0 Å². The first-order valence-electron chi connectivity index (χ1n) is 8.86. The number of carbonyl (C=O) groups excluding carboxylic acids is 2. The molecule has 2 aliphatic rings. The second-order valence-electron chi connectivity index (χ2n) is 7.10. The molecule has 2 aromatic rings. The molecule has 0 unspecified atom stereocenters. The van der Waals surface area contributed by atoms with Gasteiger partial charge in [-0.15, -0.1) is 0 Å². The molecule has 1 saturated heterocycles. The van der Waals surface area contributed by atoms with Crippen LogP contribution < -0.4 is 5.73 Å². The van der Waals surface area contributed by atoms with E-state index in [1.54, 1.807) is 43.3 Å².